The molecule has 0 atom stereocenters. The molecule has 25 heavy (non-hydrogen) atoms. The number of para-hydroxylation sites is 1. The van der Waals surface area contributed by atoms with Gasteiger partial charge in [-0.1, -0.05) is 30.3 Å². The molecule has 4 rings (SSSR count). The smallest absolute Gasteiger partial charge is 0.0669 e. The summed E-state index contributed by atoms with van der Waals surface area (Å²) in [6.45, 7) is 0. The van der Waals surface area contributed by atoms with Gasteiger partial charge in [0.2, 0.25) is 0 Å². The normalized spacial score (nSPS) is 10.6. The monoisotopic (exact) mass is 321 g/mol. The van der Waals surface area contributed by atoms with Gasteiger partial charge in [0.25, 0.3) is 0 Å². The molecule has 0 aliphatic heterocycles. The number of benzene rings is 3. The first kappa shape index (κ1) is 15.0. The Kier molecular flexibility index (Phi) is 3.69. The van der Waals surface area contributed by atoms with Crippen molar-refractivity contribution in [2.24, 2.45) is 0 Å². The molecule has 0 fully saturated rings. The third-order valence-electron chi connectivity index (χ3n) is 4.47. The van der Waals surface area contributed by atoms with E-state index < -0.39 is 0 Å². The Balaban J connectivity index is 2.09. The van der Waals surface area contributed by atoms with Crippen LogP contribution in [0.1, 0.15) is 11.1 Å². The third-order valence-corrected chi connectivity index (χ3v) is 4.47. The lowest BCUT2D eigenvalue weighted by Gasteiger charge is -2.07. The Morgan fingerprint density at radius 1 is 0.680 bits per heavy atom. The van der Waals surface area contributed by atoms with Crippen LogP contribution in [0.15, 0.2) is 66.7 Å². The van der Waals surface area contributed by atoms with Crippen molar-refractivity contribution < 1.29 is 0 Å². The molecule has 3 heteroatoms. The second-order valence-electron chi connectivity index (χ2n) is 6.04. The van der Waals surface area contributed by atoms with E-state index in [9.17, 15) is 0 Å². The van der Waals surface area contributed by atoms with Gasteiger partial charge >= 0.3 is 0 Å². The van der Waals surface area contributed by atoms with E-state index in [1.165, 1.54) is 0 Å². The summed E-state index contributed by atoms with van der Waals surface area (Å²) < 4.78 is 2.23. The maximum absolute atomic E-state index is 9.01. The first-order chi connectivity index (χ1) is 12.3. The van der Waals surface area contributed by atoms with Crippen molar-refractivity contribution in [3.63, 3.8) is 0 Å². The van der Waals surface area contributed by atoms with E-state index in [-0.39, 0.29) is 0 Å². The lowest BCUT2D eigenvalue weighted by atomic mass is 10.1. The van der Waals surface area contributed by atoms with Crippen LogP contribution >= 0.6 is 0 Å². The highest BCUT2D eigenvalue weighted by Gasteiger charge is 2.13. The van der Waals surface area contributed by atoms with Crippen LogP contribution in [0.25, 0.3) is 27.5 Å². The van der Waals surface area contributed by atoms with E-state index in [0.717, 1.165) is 38.6 Å². The number of nitriles is 2. The van der Waals surface area contributed by atoms with E-state index in [1.807, 2.05) is 30.3 Å². The molecule has 0 aliphatic rings. The van der Waals surface area contributed by atoms with Gasteiger partial charge in [-0.2, -0.15) is 10.5 Å². The molecule has 0 unspecified atom stereocenters. The first-order valence-electron chi connectivity index (χ1n) is 8.17. The van der Waals surface area contributed by atoms with Gasteiger partial charge in [0.15, 0.2) is 0 Å². The topological polar surface area (TPSA) is 52.5 Å². The van der Waals surface area contributed by atoms with Gasteiger partial charge in [0.1, 0.15) is 0 Å². The summed E-state index contributed by atoms with van der Waals surface area (Å²) in [7, 11) is 0. The molecule has 3 aromatic carbocycles. The molecule has 0 spiro atoms. The van der Waals surface area contributed by atoms with Crippen molar-refractivity contribution in [1.29, 1.82) is 10.5 Å². The van der Waals surface area contributed by atoms with Crippen molar-refractivity contribution in [3.05, 3.63) is 77.9 Å². The number of fused-ring (bicyclic) bond motifs is 3. The van der Waals surface area contributed by atoms with Crippen LogP contribution in [0.2, 0.25) is 0 Å². The maximum Gasteiger partial charge on any atom is 0.0669 e. The summed E-state index contributed by atoms with van der Waals surface area (Å²) in [5, 5.41) is 20.3. The zero-order valence-electron chi connectivity index (χ0n) is 13.6. The van der Waals surface area contributed by atoms with Crippen LogP contribution in [0.4, 0.5) is 0 Å². The van der Waals surface area contributed by atoms with Gasteiger partial charge in [0, 0.05) is 16.5 Å². The minimum atomic E-state index is 0.395. The number of aromatic nitrogens is 1. The van der Waals surface area contributed by atoms with E-state index in [2.05, 4.69) is 53.1 Å². The number of hydrogen-bond acceptors (Lipinski definition) is 2. The maximum atomic E-state index is 9.01. The lowest BCUT2D eigenvalue weighted by Crippen LogP contribution is -1.93. The van der Waals surface area contributed by atoms with Crippen molar-refractivity contribution in [2.45, 2.75) is 12.8 Å². The van der Waals surface area contributed by atoms with Crippen molar-refractivity contribution >= 4 is 21.8 Å². The molecular weight excluding hydrogens is 306 g/mol. The predicted octanol–water partition coefficient (Wildman–Crippen LogP) is 4.92. The average Bonchev–Trinajstić information content (AvgIpc) is 2.96. The molecule has 0 saturated heterocycles. The molecule has 0 bridgehead atoms. The molecule has 1 aromatic heterocycles. The van der Waals surface area contributed by atoms with Gasteiger partial charge in [-0.25, -0.2) is 0 Å². The van der Waals surface area contributed by atoms with Crippen molar-refractivity contribution in [1.82, 2.24) is 4.57 Å². The van der Waals surface area contributed by atoms with E-state index in [0.29, 0.717) is 12.8 Å². The molecule has 0 amide bonds. The van der Waals surface area contributed by atoms with Crippen molar-refractivity contribution in [2.75, 3.05) is 0 Å². The summed E-state index contributed by atoms with van der Waals surface area (Å²) in [6.07, 6.45) is 0.789. The van der Waals surface area contributed by atoms with Gasteiger partial charge in [-0.3, -0.25) is 0 Å². The Morgan fingerprint density at radius 2 is 1.20 bits per heavy atom. The van der Waals surface area contributed by atoms with Gasteiger partial charge in [0.05, 0.1) is 36.0 Å². The molecule has 4 aromatic rings. The fraction of sp³-hybridized carbons (Fsp3) is 0.0909. The fourth-order valence-electron chi connectivity index (χ4n) is 3.38. The molecule has 3 nitrogen and oxygen atoms in total. The van der Waals surface area contributed by atoms with Crippen LogP contribution in [-0.2, 0) is 12.8 Å². The lowest BCUT2D eigenvalue weighted by molar-refractivity contribution is 1.17. The number of hydrogen-bond donors (Lipinski definition) is 0. The Labute approximate surface area is 146 Å². The summed E-state index contributed by atoms with van der Waals surface area (Å²) in [5.41, 5.74) is 5.33. The fourth-order valence-corrected chi connectivity index (χ4v) is 3.38. The summed E-state index contributed by atoms with van der Waals surface area (Å²) in [5.74, 6) is 0. The van der Waals surface area contributed by atoms with Gasteiger partial charge < -0.3 is 4.57 Å². The number of nitrogens with zero attached hydrogens (tertiary/aromatic N) is 3. The Bertz CT molecular complexity index is 1080. The predicted molar refractivity (Wildman–Crippen MR) is 99.4 cm³/mol. The second-order valence-corrected chi connectivity index (χ2v) is 6.04. The van der Waals surface area contributed by atoms with Crippen LogP contribution in [-0.4, -0.2) is 4.57 Å². The van der Waals surface area contributed by atoms with E-state index in [1.54, 1.807) is 0 Å². The summed E-state index contributed by atoms with van der Waals surface area (Å²) in [6, 6.07) is 27.1. The Morgan fingerprint density at radius 3 is 1.68 bits per heavy atom. The molecular formula is C22H15N3. The van der Waals surface area contributed by atoms with Crippen LogP contribution in [0.5, 0.6) is 0 Å². The second kappa shape index (κ2) is 6.15. The van der Waals surface area contributed by atoms with Gasteiger partial charge in [-0.15, -0.1) is 0 Å². The minimum absolute atomic E-state index is 0.395. The minimum Gasteiger partial charge on any atom is -0.309 e. The SMILES string of the molecule is N#CCc1ccc2c(c1)c1cc(CC#N)ccc1n2-c1ccccc1. The van der Waals surface area contributed by atoms with Crippen LogP contribution < -0.4 is 0 Å². The molecule has 0 aliphatic carbocycles. The molecule has 0 radical (unpaired) electrons. The Hall–Kier alpha value is -3.56. The van der Waals surface area contributed by atoms with E-state index >= 15 is 0 Å². The zero-order chi connectivity index (χ0) is 17.2. The summed E-state index contributed by atoms with van der Waals surface area (Å²) >= 11 is 0. The highest BCUT2D eigenvalue weighted by molar-refractivity contribution is 6.09. The molecule has 1 heterocycles. The molecule has 118 valence electrons. The molecule has 0 N–H and O–H groups in total. The zero-order valence-corrected chi connectivity index (χ0v) is 13.6. The molecule has 0 saturated carbocycles. The highest BCUT2D eigenvalue weighted by Crippen LogP contribution is 2.33. The highest BCUT2D eigenvalue weighted by atomic mass is 15.0. The quantitative estimate of drug-likeness (QED) is 0.538. The van der Waals surface area contributed by atoms with Crippen LogP contribution in [0.3, 0.4) is 0 Å². The largest absolute Gasteiger partial charge is 0.309 e. The van der Waals surface area contributed by atoms with E-state index in [4.69, 9.17) is 10.5 Å². The standard InChI is InChI=1S/C22H15N3/c23-12-10-16-6-8-21-19(14-16)20-15-17(11-13-24)7-9-22(20)25(21)18-4-2-1-3-5-18/h1-9,14-15H,10-11H2. The third kappa shape index (κ3) is 2.53. The summed E-state index contributed by atoms with van der Waals surface area (Å²) in [4.78, 5) is 0. The van der Waals surface area contributed by atoms with Crippen molar-refractivity contribution in [3.8, 4) is 17.8 Å². The van der Waals surface area contributed by atoms with Crippen LogP contribution in [0, 0.1) is 22.7 Å². The average molecular weight is 321 g/mol. The first-order valence-corrected chi connectivity index (χ1v) is 8.17. The van der Waals surface area contributed by atoms with Gasteiger partial charge in [-0.05, 0) is 47.5 Å². The number of rotatable bonds is 3.